The molecule has 1 aliphatic heterocycles. The van der Waals surface area contributed by atoms with Gasteiger partial charge in [0.1, 0.15) is 6.26 Å². The van der Waals surface area contributed by atoms with Crippen molar-refractivity contribution < 1.29 is 4.84 Å². The van der Waals surface area contributed by atoms with Crippen molar-refractivity contribution >= 4 is 22.5 Å². The first-order valence-corrected chi connectivity index (χ1v) is 8.09. The molecule has 0 aliphatic carbocycles. The van der Waals surface area contributed by atoms with Gasteiger partial charge in [-0.1, -0.05) is 41.9 Å². The third kappa shape index (κ3) is 2.85. The molecule has 0 radical (unpaired) electrons. The molecular formula is C19H17ClN2O. The number of halogens is 1. The van der Waals surface area contributed by atoms with E-state index in [1.807, 2.05) is 29.3 Å². The summed E-state index contributed by atoms with van der Waals surface area (Å²) in [5.74, 6) is 0. The molecule has 1 N–H and O–H groups in total. The highest BCUT2D eigenvalue weighted by atomic mass is 35.5. The molecule has 3 nitrogen and oxygen atoms in total. The summed E-state index contributed by atoms with van der Waals surface area (Å²) in [6.07, 6.45) is 6.80. The van der Waals surface area contributed by atoms with Crippen LogP contribution in [0, 0.1) is 0 Å². The van der Waals surface area contributed by atoms with Gasteiger partial charge >= 0.3 is 0 Å². The van der Waals surface area contributed by atoms with Crippen molar-refractivity contribution in [2.24, 2.45) is 0 Å². The number of aromatic nitrogens is 1. The Hall–Kier alpha value is -2.23. The minimum atomic E-state index is 0.171. The standard InChI is InChI=1S/C19H17ClN2O/c20-16-6-7-18-17(12-16)15(13-21-18)8-10-22-19(9-11-23-22)14-4-2-1-3-5-14/h1-7,9,11-13,19,21H,8,10H2. The van der Waals surface area contributed by atoms with Gasteiger partial charge < -0.3 is 9.82 Å². The summed E-state index contributed by atoms with van der Waals surface area (Å²) in [5, 5.41) is 3.96. The van der Waals surface area contributed by atoms with Gasteiger partial charge in [0.25, 0.3) is 0 Å². The Morgan fingerprint density at radius 3 is 2.87 bits per heavy atom. The van der Waals surface area contributed by atoms with Crippen LogP contribution in [0.3, 0.4) is 0 Å². The van der Waals surface area contributed by atoms with Crippen molar-refractivity contribution in [3.63, 3.8) is 0 Å². The zero-order chi connectivity index (χ0) is 15.6. The third-order valence-electron chi connectivity index (χ3n) is 4.24. The molecule has 0 amide bonds. The van der Waals surface area contributed by atoms with Crippen LogP contribution in [0.2, 0.25) is 5.02 Å². The Kier molecular flexibility index (Phi) is 3.82. The molecule has 0 saturated heterocycles. The smallest absolute Gasteiger partial charge is 0.109 e. The molecule has 1 unspecified atom stereocenters. The maximum absolute atomic E-state index is 6.12. The number of nitrogens with one attached hydrogen (secondary N) is 1. The van der Waals surface area contributed by atoms with Crippen LogP contribution in [0.1, 0.15) is 17.2 Å². The van der Waals surface area contributed by atoms with Gasteiger partial charge in [0.15, 0.2) is 0 Å². The summed E-state index contributed by atoms with van der Waals surface area (Å²) in [6.45, 7) is 0.812. The van der Waals surface area contributed by atoms with E-state index < -0.39 is 0 Å². The van der Waals surface area contributed by atoms with E-state index in [4.69, 9.17) is 16.4 Å². The first kappa shape index (κ1) is 14.4. The summed E-state index contributed by atoms with van der Waals surface area (Å²) in [7, 11) is 0. The van der Waals surface area contributed by atoms with Crippen LogP contribution in [0.15, 0.2) is 67.1 Å². The van der Waals surface area contributed by atoms with Gasteiger partial charge in [0, 0.05) is 28.7 Å². The van der Waals surface area contributed by atoms with Crippen LogP contribution in [-0.2, 0) is 11.3 Å². The van der Waals surface area contributed by atoms with Crippen molar-refractivity contribution in [3.8, 4) is 0 Å². The molecule has 1 atom stereocenters. The molecule has 23 heavy (non-hydrogen) atoms. The topological polar surface area (TPSA) is 28.3 Å². The Balaban J connectivity index is 1.51. The minimum absolute atomic E-state index is 0.171. The average molecular weight is 325 g/mol. The van der Waals surface area contributed by atoms with E-state index in [1.54, 1.807) is 6.26 Å². The monoisotopic (exact) mass is 324 g/mol. The molecule has 0 saturated carbocycles. The molecule has 3 aromatic rings. The number of H-pyrrole nitrogens is 1. The molecule has 1 aliphatic rings. The predicted octanol–water partition coefficient (Wildman–Crippen LogP) is 4.87. The zero-order valence-corrected chi connectivity index (χ0v) is 13.3. The summed E-state index contributed by atoms with van der Waals surface area (Å²) in [5.41, 5.74) is 3.61. The van der Waals surface area contributed by atoms with Crippen LogP contribution >= 0.6 is 11.6 Å². The lowest BCUT2D eigenvalue weighted by Gasteiger charge is -2.22. The predicted molar refractivity (Wildman–Crippen MR) is 93.1 cm³/mol. The van der Waals surface area contributed by atoms with Gasteiger partial charge in [0.2, 0.25) is 0 Å². The van der Waals surface area contributed by atoms with E-state index in [-0.39, 0.29) is 6.04 Å². The summed E-state index contributed by atoms with van der Waals surface area (Å²) in [4.78, 5) is 8.97. The number of aromatic amines is 1. The largest absolute Gasteiger partial charge is 0.413 e. The van der Waals surface area contributed by atoms with Crippen molar-refractivity contribution in [1.82, 2.24) is 10.0 Å². The SMILES string of the molecule is Clc1ccc2[nH]cc(CCN3OC=CC3c3ccccc3)c2c1. The average Bonchev–Trinajstić information content (AvgIpc) is 3.20. The molecule has 1 aromatic heterocycles. The van der Waals surface area contributed by atoms with Crippen molar-refractivity contribution in [2.75, 3.05) is 6.54 Å². The molecular weight excluding hydrogens is 308 g/mol. The van der Waals surface area contributed by atoms with Gasteiger partial charge in [0.05, 0.1) is 6.04 Å². The van der Waals surface area contributed by atoms with Crippen LogP contribution in [0.5, 0.6) is 0 Å². The fraction of sp³-hybridized carbons (Fsp3) is 0.158. The van der Waals surface area contributed by atoms with Crippen molar-refractivity contribution in [1.29, 1.82) is 0 Å². The number of nitrogens with zero attached hydrogens (tertiary/aromatic N) is 1. The number of hydrogen-bond acceptors (Lipinski definition) is 2. The molecule has 2 aromatic carbocycles. The van der Waals surface area contributed by atoms with Crippen molar-refractivity contribution in [3.05, 3.63) is 83.2 Å². The second-order valence-corrected chi connectivity index (χ2v) is 6.12. The fourth-order valence-corrected chi connectivity index (χ4v) is 3.23. The van der Waals surface area contributed by atoms with Crippen LogP contribution in [-0.4, -0.2) is 16.6 Å². The summed E-state index contributed by atoms with van der Waals surface area (Å²) < 4.78 is 0. The van der Waals surface area contributed by atoms with Gasteiger partial charge in [-0.3, -0.25) is 0 Å². The van der Waals surface area contributed by atoms with E-state index in [2.05, 4.69) is 41.5 Å². The summed E-state index contributed by atoms with van der Waals surface area (Å²) >= 11 is 6.12. The van der Waals surface area contributed by atoms with Gasteiger partial charge in [-0.15, -0.1) is 5.06 Å². The van der Waals surface area contributed by atoms with E-state index in [1.165, 1.54) is 16.5 Å². The molecule has 0 bridgehead atoms. The van der Waals surface area contributed by atoms with E-state index >= 15 is 0 Å². The lowest BCUT2D eigenvalue weighted by Crippen LogP contribution is -2.24. The maximum Gasteiger partial charge on any atom is 0.109 e. The lowest BCUT2D eigenvalue weighted by atomic mass is 10.1. The molecule has 116 valence electrons. The second-order valence-electron chi connectivity index (χ2n) is 5.68. The fourth-order valence-electron chi connectivity index (χ4n) is 3.06. The van der Waals surface area contributed by atoms with E-state index in [9.17, 15) is 0 Å². The normalized spacial score (nSPS) is 17.7. The van der Waals surface area contributed by atoms with Gasteiger partial charge in [-0.05, 0) is 41.8 Å². The highest BCUT2D eigenvalue weighted by Crippen LogP contribution is 2.28. The number of hydroxylamine groups is 2. The number of hydrogen-bond donors (Lipinski definition) is 1. The molecule has 0 spiro atoms. The first-order valence-electron chi connectivity index (χ1n) is 7.72. The van der Waals surface area contributed by atoms with Crippen LogP contribution in [0.4, 0.5) is 0 Å². The third-order valence-corrected chi connectivity index (χ3v) is 4.47. The first-order chi connectivity index (χ1) is 11.3. The Labute approximate surface area is 140 Å². The highest BCUT2D eigenvalue weighted by molar-refractivity contribution is 6.31. The van der Waals surface area contributed by atoms with Crippen molar-refractivity contribution in [2.45, 2.75) is 12.5 Å². The second kappa shape index (κ2) is 6.11. The molecule has 2 heterocycles. The minimum Gasteiger partial charge on any atom is -0.413 e. The molecule has 4 rings (SSSR count). The van der Waals surface area contributed by atoms with E-state index in [0.717, 1.165) is 23.5 Å². The highest BCUT2D eigenvalue weighted by Gasteiger charge is 2.23. The Morgan fingerprint density at radius 2 is 2.00 bits per heavy atom. The van der Waals surface area contributed by atoms with Crippen LogP contribution < -0.4 is 0 Å². The number of benzene rings is 2. The lowest BCUT2D eigenvalue weighted by molar-refractivity contribution is -0.104. The summed E-state index contributed by atoms with van der Waals surface area (Å²) in [6, 6.07) is 16.5. The zero-order valence-electron chi connectivity index (χ0n) is 12.6. The Bertz CT molecular complexity index is 841. The number of fused-ring (bicyclic) bond motifs is 1. The quantitative estimate of drug-likeness (QED) is 0.742. The Morgan fingerprint density at radius 1 is 1.13 bits per heavy atom. The van der Waals surface area contributed by atoms with Gasteiger partial charge in [-0.2, -0.15) is 0 Å². The van der Waals surface area contributed by atoms with Crippen LogP contribution in [0.25, 0.3) is 10.9 Å². The maximum atomic E-state index is 6.12. The van der Waals surface area contributed by atoms with Gasteiger partial charge in [-0.25, -0.2) is 0 Å². The molecule has 4 heteroatoms. The molecule has 0 fully saturated rings. The number of rotatable bonds is 4. The van der Waals surface area contributed by atoms with E-state index in [0.29, 0.717) is 0 Å².